The minimum absolute atomic E-state index is 0.0633. The SMILES string of the molecule is CNc1ccc(OC(=O)CCC(=O)OCC2(C)Nc3cccc4c(N)ccc(c34)N2)cc1.Nc1ccc(N)c2ccccc12.Nc1ccccc1. The van der Waals surface area contributed by atoms with E-state index in [-0.39, 0.29) is 19.4 Å². The average molecular weight is 686 g/mol. The van der Waals surface area contributed by atoms with Crippen molar-refractivity contribution < 1.29 is 19.1 Å². The van der Waals surface area contributed by atoms with Gasteiger partial charge in [0.25, 0.3) is 0 Å². The lowest BCUT2D eigenvalue weighted by Crippen LogP contribution is -2.49. The van der Waals surface area contributed by atoms with Crippen LogP contribution in [-0.4, -0.2) is 31.3 Å². The molecular weight excluding hydrogens is 642 g/mol. The molecule has 0 saturated heterocycles. The van der Waals surface area contributed by atoms with E-state index in [0.29, 0.717) is 11.4 Å². The summed E-state index contributed by atoms with van der Waals surface area (Å²) in [4.78, 5) is 24.3. The molecule has 11 N–H and O–H groups in total. The Hall–Kier alpha value is -6.62. The van der Waals surface area contributed by atoms with Crippen molar-refractivity contribution in [2.75, 3.05) is 52.5 Å². The van der Waals surface area contributed by atoms with Crippen LogP contribution >= 0.6 is 0 Å². The van der Waals surface area contributed by atoms with Crippen molar-refractivity contribution in [3.05, 3.63) is 121 Å². The normalized spacial score (nSPS) is 14.0. The van der Waals surface area contributed by atoms with E-state index in [2.05, 4.69) is 16.0 Å². The second-order valence-corrected chi connectivity index (χ2v) is 12.1. The molecule has 0 bridgehead atoms. The number of esters is 2. The van der Waals surface area contributed by atoms with Crippen molar-refractivity contribution in [1.82, 2.24) is 0 Å². The molecule has 11 heteroatoms. The van der Waals surface area contributed by atoms with Crippen LogP contribution in [0.3, 0.4) is 0 Å². The van der Waals surface area contributed by atoms with Gasteiger partial charge in [-0.1, -0.05) is 54.6 Å². The predicted octanol–water partition coefficient (Wildman–Crippen LogP) is 7.22. The maximum atomic E-state index is 12.2. The Labute approximate surface area is 296 Å². The molecule has 0 spiro atoms. The second-order valence-electron chi connectivity index (χ2n) is 12.1. The van der Waals surface area contributed by atoms with Gasteiger partial charge >= 0.3 is 11.9 Å². The Morgan fingerprint density at radius 3 is 1.75 bits per heavy atom. The van der Waals surface area contributed by atoms with Gasteiger partial charge in [-0.2, -0.15) is 0 Å². The zero-order valence-corrected chi connectivity index (χ0v) is 28.6. The Morgan fingerprint density at radius 2 is 1.16 bits per heavy atom. The first-order valence-corrected chi connectivity index (χ1v) is 16.4. The van der Waals surface area contributed by atoms with E-state index in [1.54, 1.807) is 31.3 Å². The summed E-state index contributed by atoms with van der Waals surface area (Å²) in [7, 11) is 1.81. The number of nitrogens with two attached hydrogens (primary N) is 4. The van der Waals surface area contributed by atoms with Crippen molar-refractivity contribution in [2.45, 2.75) is 25.4 Å². The van der Waals surface area contributed by atoms with E-state index >= 15 is 0 Å². The minimum Gasteiger partial charge on any atom is -0.461 e. The Morgan fingerprint density at radius 1 is 0.627 bits per heavy atom. The molecule has 0 aromatic heterocycles. The molecule has 0 saturated carbocycles. The molecular formula is C40H43N7O4. The summed E-state index contributed by atoms with van der Waals surface area (Å²) in [6.07, 6.45) is -0.127. The second kappa shape index (κ2) is 16.2. The summed E-state index contributed by atoms with van der Waals surface area (Å²) < 4.78 is 10.7. The van der Waals surface area contributed by atoms with Crippen LogP contribution in [0.15, 0.2) is 121 Å². The maximum Gasteiger partial charge on any atom is 0.311 e. The highest BCUT2D eigenvalue weighted by atomic mass is 16.5. The topological polar surface area (TPSA) is 193 Å². The highest BCUT2D eigenvalue weighted by Gasteiger charge is 2.31. The van der Waals surface area contributed by atoms with Crippen molar-refractivity contribution in [3.63, 3.8) is 0 Å². The van der Waals surface area contributed by atoms with Crippen LogP contribution in [-0.2, 0) is 14.3 Å². The Bertz CT molecular complexity index is 2070. The third kappa shape index (κ3) is 9.30. The molecule has 51 heavy (non-hydrogen) atoms. The molecule has 1 atom stereocenters. The van der Waals surface area contributed by atoms with Gasteiger partial charge in [0.1, 0.15) is 18.0 Å². The molecule has 6 aromatic carbocycles. The number of hydrogen-bond acceptors (Lipinski definition) is 11. The summed E-state index contributed by atoms with van der Waals surface area (Å²) in [5.74, 6) is -0.532. The number of anilines is 7. The standard InChI is InChI=1S/C24H26N4O4.C10H10N2.C6H7N/c1-24(27-19-5-3-4-17-18(25)10-11-20(28-24)23(17)19)14-31-21(29)12-13-22(30)32-16-8-6-15(26-2)7-9-16;11-9-5-6-10(12)8-4-2-1-3-7(8)9;7-6-4-2-1-3-5-6/h3-11,26-28H,12-14,25H2,1-2H3;1-6H,11-12H2;1-5H,7H2. The van der Waals surface area contributed by atoms with Gasteiger partial charge in [0.05, 0.1) is 12.8 Å². The van der Waals surface area contributed by atoms with E-state index < -0.39 is 17.6 Å². The van der Waals surface area contributed by atoms with Gasteiger partial charge in [0, 0.05) is 68.4 Å². The number of rotatable bonds is 7. The maximum absolute atomic E-state index is 12.2. The van der Waals surface area contributed by atoms with Crippen LogP contribution in [0.5, 0.6) is 5.75 Å². The first-order valence-electron chi connectivity index (χ1n) is 16.4. The molecule has 262 valence electrons. The van der Waals surface area contributed by atoms with Crippen molar-refractivity contribution in [1.29, 1.82) is 0 Å². The van der Waals surface area contributed by atoms with Crippen molar-refractivity contribution in [3.8, 4) is 5.75 Å². The van der Waals surface area contributed by atoms with Crippen LogP contribution in [0.4, 0.5) is 39.8 Å². The van der Waals surface area contributed by atoms with Crippen LogP contribution in [0.25, 0.3) is 21.5 Å². The fraction of sp³-hybridized carbons (Fsp3) is 0.150. The molecule has 11 nitrogen and oxygen atoms in total. The van der Waals surface area contributed by atoms with Crippen LogP contribution < -0.4 is 43.6 Å². The van der Waals surface area contributed by atoms with Gasteiger partial charge in [0.2, 0.25) is 0 Å². The number of benzene rings is 6. The Balaban J connectivity index is 0.000000214. The zero-order chi connectivity index (χ0) is 36.4. The van der Waals surface area contributed by atoms with Gasteiger partial charge in [-0.05, 0) is 73.7 Å². The summed E-state index contributed by atoms with van der Waals surface area (Å²) in [5, 5.41) is 13.8. The number of para-hydroxylation sites is 1. The lowest BCUT2D eigenvalue weighted by Gasteiger charge is -2.38. The highest BCUT2D eigenvalue weighted by Crippen LogP contribution is 2.40. The zero-order valence-electron chi connectivity index (χ0n) is 28.6. The molecule has 7 rings (SSSR count). The van der Waals surface area contributed by atoms with E-state index in [1.165, 1.54) is 0 Å². The van der Waals surface area contributed by atoms with Crippen LogP contribution in [0, 0.1) is 0 Å². The first kappa shape index (κ1) is 35.7. The lowest BCUT2D eigenvalue weighted by molar-refractivity contribution is -0.147. The summed E-state index contributed by atoms with van der Waals surface area (Å²) in [5.41, 5.74) is 28.1. The predicted molar refractivity (Wildman–Crippen MR) is 209 cm³/mol. The molecule has 1 heterocycles. The number of hydrogen-bond donors (Lipinski definition) is 7. The first-order chi connectivity index (χ1) is 24.5. The largest absolute Gasteiger partial charge is 0.461 e. The van der Waals surface area contributed by atoms with E-state index in [4.69, 9.17) is 32.4 Å². The number of nitrogen functional groups attached to an aromatic ring is 4. The highest BCUT2D eigenvalue weighted by molar-refractivity contribution is 6.10. The number of fused-ring (bicyclic) bond motifs is 1. The summed E-state index contributed by atoms with van der Waals surface area (Å²) in [6, 6.07) is 37.6. The van der Waals surface area contributed by atoms with Gasteiger partial charge in [-0.25, -0.2) is 0 Å². The van der Waals surface area contributed by atoms with Gasteiger partial charge < -0.3 is 48.4 Å². The van der Waals surface area contributed by atoms with Gasteiger partial charge in [0.15, 0.2) is 0 Å². The van der Waals surface area contributed by atoms with E-state index in [0.717, 1.165) is 55.7 Å². The molecule has 0 aliphatic carbocycles. The number of carbonyl (C=O) groups is 2. The molecule has 1 aliphatic heterocycles. The molecule has 6 aromatic rings. The third-order valence-electron chi connectivity index (χ3n) is 8.12. The molecule has 0 amide bonds. The quantitative estimate of drug-likeness (QED) is 0.0510. The van der Waals surface area contributed by atoms with E-state index in [9.17, 15) is 9.59 Å². The van der Waals surface area contributed by atoms with Gasteiger partial charge in [-0.15, -0.1) is 0 Å². The third-order valence-corrected chi connectivity index (χ3v) is 8.12. The van der Waals surface area contributed by atoms with Gasteiger partial charge in [-0.3, -0.25) is 9.59 Å². The fourth-order valence-electron chi connectivity index (χ4n) is 5.51. The monoisotopic (exact) mass is 685 g/mol. The average Bonchev–Trinajstić information content (AvgIpc) is 3.14. The molecule has 0 radical (unpaired) electrons. The molecule has 0 fully saturated rings. The fourth-order valence-corrected chi connectivity index (χ4v) is 5.51. The Kier molecular flexibility index (Phi) is 11.3. The lowest BCUT2D eigenvalue weighted by atomic mass is 9.99. The number of nitrogens with one attached hydrogen (secondary N) is 3. The summed E-state index contributed by atoms with van der Waals surface area (Å²) >= 11 is 0. The number of ether oxygens (including phenoxy) is 2. The smallest absolute Gasteiger partial charge is 0.311 e. The van der Waals surface area contributed by atoms with Crippen molar-refractivity contribution >= 4 is 73.3 Å². The van der Waals surface area contributed by atoms with E-state index in [1.807, 2.05) is 104 Å². The molecule has 1 aliphatic rings. The number of carbonyl (C=O) groups excluding carboxylic acids is 2. The van der Waals surface area contributed by atoms with Crippen LogP contribution in [0.2, 0.25) is 0 Å². The van der Waals surface area contributed by atoms with Crippen LogP contribution in [0.1, 0.15) is 19.8 Å². The van der Waals surface area contributed by atoms with Crippen molar-refractivity contribution in [2.24, 2.45) is 0 Å². The minimum atomic E-state index is -0.706. The molecule has 1 unspecified atom stereocenters. The summed E-state index contributed by atoms with van der Waals surface area (Å²) in [6.45, 7) is 1.98.